The molecule has 1 aromatic carbocycles. The topological polar surface area (TPSA) is 96.7 Å². The van der Waals surface area contributed by atoms with Gasteiger partial charge >= 0.3 is 0 Å². The van der Waals surface area contributed by atoms with Crippen LogP contribution in [0.3, 0.4) is 0 Å². The number of benzene rings is 1. The number of nitriles is 1. The van der Waals surface area contributed by atoms with Crippen LogP contribution in [-0.4, -0.2) is 15.7 Å². The number of carbonyl (C=O) groups excluding carboxylic acids is 1. The molecule has 118 valence electrons. The highest BCUT2D eigenvalue weighted by molar-refractivity contribution is 5.98. The second-order valence-corrected chi connectivity index (χ2v) is 5.81. The molecule has 23 heavy (non-hydrogen) atoms. The van der Waals surface area contributed by atoms with Gasteiger partial charge in [0.15, 0.2) is 5.82 Å². The second kappa shape index (κ2) is 6.53. The number of nitrogens with zero attached hydrogens (tertiary/aromatic N) is 3. The first-order chi connectivity index (χ1) is 11.2. The summed E-state index contributed by atoms with van der Waals surface area (Å²) >= 11 is 0. The normalized spacial score (nSPS) is 20.7. The van der Waals surface area contributed by atoms with Gasteiger partial charge in [-0.3, -0.25) is 9.48 Å². The summed E-state index contributed by atoms with van der Waals surface area (Å²) in [6.07, 6.45) is 5.55. The number of amides is 1. The number of hydrogen-bond donors (Lipinski definition) is 2. The molecule has 1 heterocycles. The highest BCUT2D eigenvalue weighted by atomic mass is 16.1. The van der Waals surface area contributed by atoms with Crippen LogP contribution in [0.4, 0.5) is 11.5 Å². The Balaban J connectivity index is 1.92. The van der Waals surface area contributed by atoms with E-state index >= 15 is 0 Å². The van der Waals surface area contributed by atoms with Gasteiger partial charge in [-0.15, -0.1) is 0 Å². The van der Waals surface area contributed by atoms with Crippen molar-refractivity contribution >= 4 is 17.4 Å². The molecule has 1 fully saturated rings. The van der Waals surface area contributed by atoms with Crippen LogP contribution < -0.4 is 11.1 Å². The maximum atomic E-state index is 11.7. The predicted octanol–water partition coefficient (Wildman–Crippen LogP) is 2.98. The van der Waals surface area contributed by atoms with Gasteiger partial charge < -0.3 is 11.1 Å². The minimum Gasteiger partial charge on any atom is -0.365 e. The van der Waals surface area contributed by atoms with Gasteiger partial charge in [-0.1, -0.05) is 31.0 Å². The van der Waals surface area contributed by atoms with Crippen LogP contribution in [0.5, 0.6) is 0 Å². The van der Waals surface area contributed by atoms with Crippen LogP contribution in [-0.2, 0) is 0 Å². The first kappa shape index (κ1) is 15.1. The van der Waals surface area contributed by atoms with Crippen molar-refractivity contribution < 1.29 is 4.79 Å². The number of rotatable bonds is 4. The van der Waals surface area contributed by atoms with Crippen molar-refractivity contribution in [3.8, 4) is 6.07 Å². The van der Waals surface area contributed by atoms with Gasteiger partial charge in [0.05, 0.1) is 18.0 Å². The molecule has 2 atom stereocenters. The summed E-state index contributed by atoms with van der Waals surface area (Å²) in [6, 6.07) is 11.9. The molecule has 1 aliphatic carbocycles. The van der Waals surface area contributed by atoms with E-state index in [-0.39, 0.29) is 12.0 Å². The lowest BCUT2D eigenvalue weighted by atomic mass is 9.85. The summed E-state index contributed by atoms with van der Waals surface area (Å²) in [7, 11) is 0. The Labute approximate surface area is 134 Å². The smallest absolute Gasteiger partial charge is 0.254 e. The molecule has 0 spiro atoms. The lowest BCUT2D eigenvalue weighted by Gasteiger charge is -2.26. The molecule has 1 saturated carbocycles. The molecule has 1 aromatic heterocycles. The van der Waals surface area contributed by atoms with Crippen LogP contribution in [0.25, 0.3) is 0 Å². The molecule has 6 nitrogen and oxygen atoms in total. The molecule has 1 aliphatic rings. The zero-order valence-electron chi connectivity index (χ0n) is 12.8. The molecule has 0 aliphatic heterocycles. The molecule has 1 amide bonds. The number of primary amides is 1. The van der Waals surface area contributed by atoms with Crippen molar-refractivity contribution in [1.82, 2.24) is 9.78 Å². The molecule has 0 saturated heterocycles. The van der Waals surface area contributed by atoms with E-state index in [1.807, 2.05) is 30.3 Å². The average molecular weight is 309 g/mol. The summed E-state index contributed by atoms with van der Waals surface area (Å²) in [6.45, 7) is 0. The van der Waals surface area contributed by atoms with E-state index in [0.29, 0.717) is 11.4 Å². The monoisotopic (exact) mass is 309 g/mol. The maximum absolute atomic E-state index is 11.7. The second-order valence-electron chi connectivity index (χ2n) is 5.81. The third-order valence-electron chi connectivity index (χ3n) is 4.27. The van der Waals surface area contributed by atoms with Gasteiger partial charge in [0.25, 0.3) is 5.91 Å². The number of aromatic nitrogens is 2. The summed E-state index contributed by atoms with van der Waals surface area (Å²) in [4.78, 5) is 11.7. The number of nitrogens with one attached hydrogen (secondary N) is 1. The van der Waals surface area contributed by atoms with Gasteiger partial charge in [-0.25, -0.2) is 0 Å². The average Bonchev–Trinajstić information content (AvgIpc) is 2.99. The minimum absolute atomic E-state index is 0.00169. The predicted molar refractivity (Wildman–Crippen MR) is 87.1 cm³/mol. The third kappa shape index (κ3) is 3.19. The molecular weight excluding hydrogens is 290 g/mol. The Kier molecular flexibility index (Phi) is 4.29. The standard InChI is InChI=1S/C17H19N5O/c18-10-12-6-4-5-9-15(12)22-11-14(16(19)23)17(21-22)20-13-7-2-1-3-8-13/h1-3,7-8,11-12,15H,4-6,9H2,(H2,19,23)(H,20,21)/t12?,15-/m0/s1. The molecule has 3 N–H and O–H groups in total. The zero-order chi connectivity index (χ0) is 16.2. The van der Waals surface area contributed by atoms with Gasteiger partial charge in [0.1, 0.15) is 5.56 Å². The van der Waals surface area contributed by atoms with E-state index in [2.05, 4.69) is 16.5 Å². The van der Waals surface area contributed by atoms with E-state index in [1.54, 1.807) is 10.9 Å². The van der Waals surface area contributed by atoms with E-state index in [1.165, 1.54) is 0 Å². The van der Waals surface area contributed by atoms with Crippen molar-refractivity contribution in [3.05, 3.63) is 42.1 Å². The number of para-hydroxylation sites is 1. The number of carbonyl (C=O) groups is 1. The molecule has 3 rings (SSSR count). The first-order valence-electron chi connectivity index (χ1n) is 7.79. The SMILES string of the molecule is N#CC1CCCC[C@@H]1n1cc(C(N)=O)c(Nc2ccccc2)n1. The quantitative estimate of drug-likeness (QED) is 0.907. The molecule has 2 aromatic rings. The maximum Gasteiger partial charge on any atom is 0.254 e. The van der Waals surface area contributed by atoms with E-state index < -0.39 is 5.91 Å². The fraction of sp³-hybridized carbons (Fsp3) is 0.353. The Morgan fingerprint density at radius 3 is 2.74 bits per heavy atom. The number of hydrogen-bond acceptors (Lipinski definition) is 4. The third-order valence-corrected chi connectivity index (χ3v) is 4.27. The minimum atomic E-state index is -0.529. The molecule has 0 radical (unpaired) electrons. The Morgan fingerprint density at radius 2 is 2.04 bits per heavy atom. The highest BCUT2D eigenvalue weighted by Gasteiger charge is 2.28. The van der Waals surface area contributed by atoms with Gasteiger partial charge in [0, 0.05) is 11.9 Å². The van der Waals surface area contributed by atoms with Crippen molar-refractivity contribution in [2.24, 2.45) is 11.7 Å². The van der Waals surface area contributed by atoms with Crippen LogP contribution in [0.1, 0.15) is 42.1 Å². The van der Waals surface area contributed by atoms with Crippen molar-refractivity contribution in [1.29, 1.82) is 5.26 Å². The Bertz CT molecular complexity index is 731. The van der Waals surface area contributed by atoms with E-state index in [9.17, 15) is 10.1 Å². The number of nitrogens with two attached hydrogens (primary N) is 1. The Hall–Kier alpha value is -2.81. The molecule has 0 bridgehead atoms. The van der Waals surface area contributed by atoms with E-state index in [0.717, 1.165) is 31.4 Å². The molecule has 1 unspecified atom stereocenters. The van der Waals surface area contributed by atoms with Crippen LogP contribution >= 0.6 is 0 Å². The van der Waals surface area contributed by atoms with Crippen molar-refractivity contribution in [3.63, 3.8) is 0 Å². The molecule has 6 heteroatoms. The van der Waals surface area contributed by atoms with E-state index in [4.69, 9.17) is 5.73 Å². The van der Waals surface area contributed by atoms with Crippen molar-refractivity contribution in [2.75, 3.05) is 5.32 Å². The first-order valence-corrected chi connectivity index (χ1v) is 7.79. The van der Waals surface area contributed by atoms with Crippen LogP contribution in [0.15, 0.2) is 36.5 Å². The summed E-state index contributed by atoms with van der Waals surface area (Å²) in [5.74, 6) is -0.168. The van der Waals surface area contributed by atoms with Crippen LogP contribution in [0.2, 0.25) is 0 Å². The largest absolute Gasteiger partial charge is 0.365 e. The highest BCUT2D eigenvalue weighted by Crippen LogP contribution is 2.34. The summed E-state index contributed by atoms with van der Waals surface area (Å²) in [5, 5.41) is 17.0. The molecular formula is C17H19N5O. The summed E-state index contributed by atoms with van der Waals surface area (Å²) in [5.41, 5.74) is 6.66. The van der Waals surface area contributed by atoms with Crippen molar-refractivity contribution in [2.45, 2.75) is 31.7 Å². The van der Waals surface area contributed by atoms with Gasteiger partial charge in [0.2, 0.25) is 0 Å². The zero-order valence-corrected chi connectivity index (χ0v) is 12.8. The fourth-order valence-electron chi connectivity index (χ4n) is 3.07. The lowest BCUT2D eigenvalue weighted by molar-refractivity contribution is 0.100. The summed E-state index contributed by atoms with van der Waals surface area (Å²) < 4.78 is 1.73. The fourth-order valence-corrected chi connectivity index (χ4v) is 3.07. The van der Waals surface area contributed by atoms with Crippen LogP contribution in [0, 0.1) is 17.2 Å². The lowest BCUT2D eigenvalue weighted by Crippen LogP contribution is -2.22. The Morgan fingerprint density at radius 1 is 1.30 bits per heavy atom. The van der Waals surface area contributed by atoms with Gasteiger partial charge in [-0.05, 0) is 25.0 Å². The van der Waals surface area contributed by atoms with Gasteiger partial charge in [-0.2, -0.15) is 10.4 Å². The number of anilines is 2.